The van der Waals surface area contributed by atoms with E-state index in [0.717, 1.165) is 6.07 Å². The third-order valence-electron chi connectivity index (χ3n) is 2.36. The molecule has 0 heterocycles. The molecule has 19 heavy (non-hydrogen) atoms. The topological polar surface area (TPSA) is 64.4 Å². The molecule has 0 aliphatic rings. The predicted molar refractivity (Wildman–Crippen MR) is 65.8 cm³/mol. The Balaban J connectivity index is 2.58. The Morgan fingerprint density at radius 2 is 2.05 bits per heavy atom. The molecule has 106 valence electrons. The molecule has 0 saturated carbocycles. The molecule has 1 aromatic carbocycles. The summed E-state index contributed by atoms with van der Waals surface area (Å²) in [4.78, 5) is 9.66. The van der Waals surface area contributed by atoms with Gasteiger partial charge in [-0.1, -0.05) is 0 Å². The molecule has 1 rings (SSSR count). The molecule has 0 bridgehead atoms. The van der Waals surface area contributed by atoms with Crippen molar-refractivity contribution in [3.8, 4) is 0 Å². The van der Waals surface area contributed by atoms with E-state index in [1.54, 1.807) is 0 Å². The van der Waals surface area contributed by atoms with Crippen LogP contribution in [0.25, 0.3) is 0 Å². The molecular weight excluding hydrogens is 258 g/mol. The van der Waals surface area contributed by atoms with Crippen molar-refractivity contribution in [3.63, 3.8) is 0 Å². The lowest BCUT2D eigenvalue weighted by Crippen LogP contribution is -2.21. The van der Waals surface area contributed by atoms with Crippen molar-refractivity contribution in [2.45, 2.75) is 26.5 Å². The van der Waals surface area contributed by atoms with E-state index in [-0.39, 0.29) is 18.2 Å². The van der Waals surface area contributed by atoms with Crippen molar-refractivity contribution in [1.29, 1.82) is 0 Å². The van der Waals surface area contributed by atoms with Gasteiger partial charge < -0.3 is 10.1 Å². The van der Waals surface area contributed by atoms with E-state index in [9.17, 15) is 18.9 Å². The van der Waals surface area contributed by atoms with E-state index in [1.165, 1.54) is 0 Å². The summed E-state index contributed by atoms with van der Waals surface area (Å²) in [6.45, 7) is 4.78. The van der Waals surface area contributed by atoms with Gasteiger partial charge in [0.05, 0.1) is 17.6 Å². The van der Waals surface area contributed by atoms with Gasteiger partial charge in [-0.25, -0.2) is 4.39 Å². The van der Waals surface area contributed by atoms with Crippen molar-refractivity contribution in [1.82, 2.24) is 5.32 Å². The summed E-state index contributed by atoms with van der Waals surface area (Å²) < 4.78 is 31.8. The Bertz CT molecular complexity index is 453. The maximum atomic E-state index is 13.4. The first-order valence-corrected chi connectivity index (χ1v) is 5.86. The molecule has 0 aliphatic carbocycles. The highest BCUT2D eigenvalue weighted by molar-refractivity contribution is 5.37. The fourth-order valence-corrected chi connectivity index (χ4v) is 1.45. The average molecular weight is 274 g/mol. The number of benzene rings is 1. The molecule has 5 nitrogen and oxygen atoms in total. The second-order valence-corrected chi connectivity index (χ2v) is 4.25. The minimum absolute atomic E-state index is 0.0534. The summed E-state index contributed by atoms with van der Waals surface area (Å²) in [5, 5.41) is 13.4. The lowest BCUT2D eigenvalue weighted by atomic mass is 10.2. The smallest absolute Gasteiger partial charge is 0.305 e. The molecule has 0 radical (unpaired) electrons. The summed E-state index contributed by atoms with van der Waals surface area (Å²) in [6, 6.07) is 1.43. The Morgan fingerprint density at radius 1 is 1.37 bits per heavy atom. The van der Waals surface area contributed by atoms with Crippen LogP contribution in [0.2, 0.25) is 0 Å². The SMILES string of the molecule is CC(C)OCCNCc1cc([N+](=O)[O-])c(F)cc1F. The van der Waals surface area contributed by atoms with Gasteiger partial charge in [0.15, 0.2) is 0 Å². The van der Waals surface area contributed by atoms with Crippen molar-refractivity contribution in [3.05, 3.63) is 39.4 Å². The maximum Gasteiger partial charge on any atom is 0.305 e. The standard InChI is InChI=1S/C12H16F2N2O3/c1-8(2)19-4-3-15-7-9-5-12(16(17)18)11(14)6-10(9)13/h5-6,8,15H,3-4,7H2,1-2H3. The van der Waals surface area contributed by atoms with Crippen LogP contribution in [0.15, 0.2) is 12.1 Å². The molecule has 0 aromatic heterocycles. The maximum absolute atomic E-state index is 13.4. The first-order valence-electron chi connectivity index (χ1n) is 5.86. The zero-order valence-electron chi connectivity index (χ0n) is 10.8. The molecule has 0 unspecified atom stereocenters. The van der Waals surface area contributed by atoms with Crippen molar-refractivity contribution >= 4 is 5.69 Å². The molecule has 0 spiro atoms. The van der Waals surface area contributed by atoms with Gasteiger partial charge >= 0.3 is 5.69 Å². The van der Waals surface area contributed by atoms with Crippen LogP contribution in [0.3, 0.4) is 0 Å². The normalized spacial score (nSPS) is 11.0. The molecule has 0 saturated heterocycles. The van der Waals surface area contributed by atoms with E-state index in [0.29, 0.717) is 19.2 Å². The van der Waals surface area contributed by atoms with Gasteiger partial charge in [0.25, 0.3) is 0 Å². The van der Waals surface area contributed by atoms with Crippen LogP contribution in [0.5, 0.6) is 0 Å². The summed E-state index contributed by atoms with van der Waals surface area (Å²) in [5.41, 5.74) is -0.672. The molecule has 0 fully saturated rings. The highest BCUT2D eigenvalue weighted by Crippen LogP contribution is 2.21. The largest absolute Gasteiger partial charge is 0.377 e. The van der Waals surface area contributed by atoms with E-state index in [2.05, 4.69) is 5.32 Å². The number of halogens is 2. The van der Waals surface area contributed by atoms with Crippen LogP contribution in [0.1, 0.15) is 19.4 Å². The summed E-state index contributed by atoms with van der Waals surface area (Å²) in [6.07, 6.45) is 0.102. The Kier molecular flexibility index (Phi) is 5.78. The Morgan fingerprint density at radius 3 is 2.63 bits per heavy atom. The first kappa shape index (κ1) is 15.5. The third-order valence-corrected chi connectivity index (χ3v) is 2.36. The monoisotopic (exact) mass is 274 g/mol. The second-order valence-electron chi connectivity index (χ2n) is 4.25. The Hall–Kier alpha value is -1.60. The number of nitrogens with one attached hydrogen (secondary N) is 1. The van der Waals surface area contributed by atoms with E-state index >= 15 is 0 Å². The molecule has 7 heteroatoms. The van der Waals surface area contributed by atoms with Crippen molar-refractivity contribution in [2.75, 3.05) is 13.2 Å². The molecule has 0 aliphatic heterocycles. The number of ether oxygens (including phenoxy) is 1. The minimum Gasteiger partial charge on any atom is -0.377 e. The van der Waals surface area contributed by atoms with Gasteiger partial charge in [-0.2, -0.15) is 4.39 Å². The van der Waals surface area contributed by atoms with E-state index in [1.807, 2.05) is 13.8 Å². The minimum atomic E-state index is -1.17. The number of rotatable bonds is 7. The van der Waals surface area contributed by atoms with Gasteiger partial charge in [0.1, 0.15) is 5.82 Å². The number of nitro groups is 1. The summed E-state index contributed by atoms with van der Waals surface area (Å²) >= 11 is 0. The fourth-order valence-electron chi connectivity index (χ4n) is 1.45. The first-order chi connectivity index (χ1) is 8.91. The lowest BCUT2D eigenvalue weighted by molar-refractivity contribution is -0.387. The van der Waals surface area contributed by atoms with Crippen LogP contribution in [-0.2, 0) is 11.3 Å². The van der Waals surface area contributed by atoms with Gasteiger partial charge in [-0.15, -0.1) is 0 Å². The average Bonchev–Trinajstić information content (AvgIpc) is 2.30. The van der Waals surface area contributed by atoms with Crippen LogP contribution < -0.4 is 5.32 Å². The highest BCUT2D eigenvalue weighted by atomic mass is 19.1. The van der Waals surface area contributed by atoms with Crippen LogP contribution in [0, 0.1) is 21.7 Å². The third kappa shape index (κ3) is 4.88. The molecule has 0 amide bonds. The zero-order chi connectivity index (χ0) is 14.4. The number of hydrogen-bond donors (Lipinski definition) is 1. The van der Waals surface area contributed by atoms with Gasteiger partial charge in [0.2, 0.25) is 5.82 Å². The van der Waals surface area contributed by atoms with Crippen LogP contribution in [-0.4, -0.2) is 24.2 Å². The van der Waals surface area contributed by atoms with Crippen LogP contribution >= 0.6 is 0 Å². The highest BCUT2D eigenvalue weighted by Gasteiger charge is 2.18. The van der Waals surface area contributed by atoms with E-state index in [4.69, 9.17) is 4.74 Å². The Labute approximate surface area is 109 Å². The molecular formula is C12H16F2N2O3. The predicted octanol–water partition coefficient (Wildman–Crippen LogP) is 2.39. The quantitative estimate of drug-likeness (QED) is 0.471. The van der Waals surface area contributed by atoms with Gasteiger partial charge in [0, 0.05) is 30.8 Å². The fraction of sp³-hybridized carbons (Fsp3) is 0.500. The number of hydrogen-bond acceptors (Lipinski definition) is 4. The van der Waals surface area contributed by atoms with Gasteiger partial charge in [-0.05, 0) is 13.8 Å². The van der Waals surface area contributed by atoms with Gasteiger partial charge in [-0.3, -0.25) is 10.1 Å². The summed E-state index contributed by atoms with van der Waals surface area (Å²) in [7, 11) is 0. The molecule has 0 atom stereocenters. The summed E-state index contributed by atoms with van der Waals surface area (Å²) in [5.74, 6) is -1.98. The molecule has 1 N–H and O–H groups in total. The zero-order valence-corrected chi connectivity index (χ0v) is 10.8. The number of nitrogens with zero attached hydrogens (tertiary/aromatic N) is 1. The van der Waals surface area contributed by atoms with E-state index < -0.39 is 22.2 Å². The second kappa shape index (κ2) is 7.10. The molecule has 1 aromatic rings. The van der Waals surface area contributed by atoms with Crippen molar-refractivity contribution < 1.29 is 18.4 Å². The number of nitro benzene ring substituents is 1. The lowest BCUT2D eigenvalue weighted by Gasteiger charge is -2.09. The van der Waals surface area contributed by atoms with Crippen LogP contribution in [0.4, 0.5) is 14.5 Å². The van der Waals surface area contributed by atoms with Crippen molar-refractivity contribution in [2.24, 2.45) is 0 Å².